The van der Waals surface area contributed by atoms with E-state index < -0.39 is 10.0 Å². The number of anilines is 2. The molecule has 3 aromatic rings. The second-order valence-corrected chi connectivity index (χ2v) is 10.5. The van der Waals surface area contributed by atoms with E-state index in [1.807, 2.05) is 35.9 Å². The van der Waals surface area contributed by atoms with Gasteiger partial charge in [-0.2, -0.15) is 5.10 Å². The van der Waals surface area contributed by atoms with E-state index in [1.54, 1.807) is 24.4 Å². The van der Waals surface area contributed by atoms with Gasteiger partial charge in [-0.05, 0) is 68.4 Å². The van der Waals surface area contributed by atoms with Crippen LogP contribution in [0, 0.1) is 12.8 Å². The minimum atomic E-state index is -3.78. The maximum atomic E-state index is 13.5. The smallest absolute Gasteiger partial charge is 0.264 e. The molecule has 1 saturated carbocycles. The van der Waals surface area contributed by atoms with Crippen LogP contribution in [0.3, 0.4) is 0 Å². The number of amides is 1. The Morgan fingerprint density at radius 2 is 1.97 bits per heavy atom. The Labute approximate surface area is 188 Å². The molecule has 7 nitrogen and oxygen atoms in total. The van der Waals surface area contributed by atoms with Crippen molar-refractivity contribution in [1.29, 1.82) is 0 Å². The Morgan fingerprint density at radius 3 is 2.78 bits per heavy atom. The topological polar surface area (TPSA) is 84.3 Å². The molecular weight excluding hydrogens is 424 g/mol. The van der Waals surface area contributed by atoms with E-state index in [0.717, 1.165) is 30.5 Å². The summed E-state index contributed by atoms with van der Waals surface area (Å²) < 4.78 is 30.2. The molecule has 1 aliphatic carbocycles. The van der Waals surface area contributed by atoms with Gasteiger partial charge in [0.1, 0.15) is 5.82 Å². The molecule has 1 aromatic heterocycles. The molecular formula is C24H26N4O3S. The van der Waals surface area contributed by atoms with Crippen LogP contribution in [0.1, 0.15) is 40.7 Å². The standard InChI is InChI=1S/C24H26N4O3S/c1-17-15-25-27(16-18-11-12-18)23(17)26-24(29)20-7-4-9-21(14-20)32(30,31)28-13-5-8-19-6-2-3-10-22(19)28/h2-4,6-7,9-10,14-15,18H,5,8,11-13,16H2,1H3,(H,26,29). The molecule has 2 heterocycles. The van der Waals surface area contributed by atoms with Crippen molar-refractivity contribution in [3.8, 4) is 0 Å². The molecule has 0 unspecified atom stereocenters. The third-order valence-corrected chi connectivity index (χ3v) is 7.94. The number of para-hydroxylation sites is 1. The lowest BCUT2D eigenvalue weighted by molar-refractivity contribution is 0.102. The first kappa shape index (κ1) is 20.8. The predicted molar refractivity (Wildman–Crippen MR) is 123 cm³/mol. The number of aromatic nitrogens is 2. The van der Waals surface area contributed by atoms with Crippen molar-refractivity contribution < 1.29 is 13.2 Å². The number of nitrogens with zero attached hydrogens (tertiary/aromatic N) is 3. The maximum absolute atomic E-state index is 13.5. The molecule has 32 heavy (non-hydrogen) atoms. The summed E-state index contributed by atoms with van der Waals surface area (Å²) in [6.45, 7) is 3.11. The zero-order valence-corrected chi connectivity index (χ0v) is 18.8. The largest absolute Gasteiger partial charge is 0.307 e. The molecule has 5 rings (SSSR count). The lowest BCUT2D eigenvalue weighted by Gasteiger charge is -2.30. The Morgan fingerprint density at radius 1 is 1.16 bits per heavy atom. The number of aryl methyl sites for hydroxylation is 2. The van der Waals surface area contributed by atoms with Gasteiger partial charge < -0.3 is 5.32 Å². The zero-order chi connectivity index (χ0) is 22.3. The highest BCUT2D eigenvalue weighted by Gasteiger charge is 2.29. The van der Waals surface area contributed by atoms with E-state index in [9.17, 15) is 13.2 Å². The van der Waals surface area contributed by atoms with Gasteiger partial charge >= 0.3 is 0 Å². The van der Waals surface area contributed by atoms with E-state index >= 15 is 0 Å². The monoisotopic (exact) mass is 450 g/mol. The van der Waals surface area contributed by atoms with Gasteiger partial charge in [-0.25, -0.2) is 13.1 Å². The lowest BCUT2D eigenvalue weighted by Crippen LogP contribution is -2.35. The number of sulfonamides is 1. The van der Waals surface area contributed by atoms with Crippen LogP contribution in [-0.2, 0) is 23.0 Å². The average molecular weight is 451 g/mol. The number of hydrogen-bond donors (Lipinski definition) is 1. The maximum Gasteiger partial charge on any atom is 0.264 e. The molecule has 166 valence electrons. The first-order valence-electron chi connectivity index (χ1n) is 11.0. The molecule has 2 aromatic carbocycles. The molecule has 0 radical (unpaired) electrons. The van der Waals surface area contributed by atoms with Gasteiger partial charge in [-0.3, -0.25) is 9.10 Å². The number of carbonyl (C=O) groups is 1. The quantitative estimate of drug-likeness (QED) is 0.615. The fraction of sp³-hybridized carbons (Fsp3) is 0.333. The summed E-state index contributed by atoms with van der Waals surface area (Å²) in [6.07, 6.45) is 5.74. The van der Waals surface area contributed by atoms with Crippen LogP contribution < -0.4 is 9.62 Å². The normalized spacial score (nSPS) is 16.0. The number of fused-ring (bicyclic) bond motifs is 1. The summed E-state index contributed by atoms with van der Waals surface area (Å²) in [5, 5.41) is 7.32. The van der Waals surface area contributed by atoms with Crippen molar-refractivity contribution in [1.82, 2.24) is 9.78 Å². The van der Waals surface area contributed by atoms with Crippen LogP contribution in [0.25, 0.3) is 0 Å². The van der Waals surface area contributed by atoms with Crippen LogP contribution >= 0.6 is 0 Å². The summed E-state index contributed by atoms with van der Waals surface area (Å²) in [5.74, 6) is 0.938. The third kappa shape index (κ3) is 3.90. The van der Waals surface area contributed by atoms with Crippen molar-refractivity contribution in [2.24, 2.45) is 5.92 Å². The Balaban J connectivity index is 1.42. The van der Waals surface area contributed by atoms with E-state index in [1.165, 1.54) is 23.2 Å². The minimum Gasteiger partial charge on any atom is -0.307 e. The second-order valence-electron chi connectivity index (χ2n) is 8.59. The van der Waals surface area contributed by atoms with Crippen LogP contribution in [0.5, 0.6) is 0 Å². The van der Waals surface area contributed by atoms with E-state index in [-0.39, 0.29) is 10.8 Å². The molecule has 8 heteroatoms. The number of hydrogen-bond acceptors (Lipinski definition) is 4. The molecule has 1 aliphatic heterocycles. The van der Waals surface area contributed by atoms with Crippen molar-refractivity contribution in [3.05, 3.63) is 71.4 Å². The van der Waals surface area contributed by atoms with Crippen LogP contribution in [0.2, 0.25) is 0 Å². The van der Waals surface area contributed by atoms with Crippen LogP contribution in [-0.4, -0.2) is 30.7 Å². The fourth-order valence-corrected chi connectivity index (χ4v) is 5.77. The average Bonchev–Trinajstić information content (AvgIpc) is 3.57. The van der Waals surface area contributed by atoms with E-state index in [2.05, 4.69) is 10.4 Å². The number of rotatable bonds is 6. The molecule has 1 fully saturated rings. The first-order chi connectivity index (χ1) is 15.4. The first-order valence-corrected chi connectivity index (χ1v) is 12.4. The van der Waals surface area contributed by atoms with Gasteiger partial charge in [-0.15, -0.1) is 0 Å². The fourth-order valence-electron chi connectivity index (χ4n) is 4.18. The highest BCUT2D eigenvalue weighted by Crippen LogP contribution is 2.33. The predicted octanol–water partition coefficient (Wildman–Crippen LogP) is 4.00. The number of carbonyl (C=O) groups excluding carboxylic acids is 1. The summed E-state index contributed by atoms with van der Waals surface area (Å²) in [4.78, 5) is 13.1. The number of benzene rings is 2. The minimum absolute atomic E-state index is 0.116. The molecule has 1 amide bonds. The van der Waals surface area contributed by atoms with Crippen LogP contribution in [0.4, 0.5) is 11.5 Å². The summed E-state index contributed by atoms with van der Waals surface area (Å²) >= 11 is 0. The number of nitrogens with one attached hydrogen (secondary N) is 1. The van der Waals surface area contributed by atoms with Crippen molar-refractivity contribution in [2.75, 3.05) is 16.2 Å². The Bertz CT molecular complexity index is 1280. The van der Waals surface area contributed by atoms with Gasteiger partial charge in [-0.1, -0.05) is 24.3 Å². The Hall–Kier alpha value is -3.13. The molecule has 0 saturated heterocycles. The van der Waals surface area contributed by atoms with Crippen molar-refractivity contribution in [2.45, 2.75) is 44.0 Å². The van der Waals surface area contributed by atoms with E-state index in [0.29, 0.717) is 29.5 Å². The van der Waals surface area contributed by atoms with Gasteiger partial charge in [0.2, 0.25) is 0 Å². The molecule has 2 aliphatic rings. The van der Waals surface area contributed by atoms with Crippen molar-refractivity contribution >= 4 is 27.4 Å². The van der Waals surface area contributed by atoms with Crippen molar-refractivity contribution in [3.63, 3.8) is 0 Å². The Kier molecular flexibility index (Phi) is 5.25. The van der Waals surface area contributed by atoms with Gasteiger partial charge in [0.25, 0.3) is 15.9 Å². The zero-order valence-electron chi connectivity index (χ0n) is 18.0. The van der Waals surface area contributed by atoms with Gasteiger partial charge in [0.05, 0.1) is 16.8 Å². The molecule has 0 bridgehead atoms. The SMILES string of the molecule is Cc1cnn(CC2CC2)c1NC(=O)c1cccc(S(=O)(=O)N2CCCc3ccccc32)c1. The highest BCUT2D eigenvalue weighted by molar-refractivity contribution is 7.92. The summed E-state index contributed by atoms with van der Waals surface area (Å²) in [7, 11) is -3.78. The van der Waals surface area contributed by atoms with Gasteiger partial charge in [0, 0.05) is 24.2 Å². The third-order valence-electron chi connectivity index (χ3n) is 6.13. The second kappa shape index (κ2) is 8.09. The molecule has 0 spiro atoms. The summed E-state index contributed by atoms with van der Waals surface area (Å²) in [5.41, 5.74) is 2.92. The van der Waals surface area contributed by atoms with Crippen LogP contribution in [0.15, 0.2) is 59.6 Å². The van der Waals surface area contributed by atoms with E-state index in [4.69, 9.17) is 0 Å². The molecule has 1 N–H and O–H groups in total. The highest BCUT2D eigenvalue weighted by atomic mass is 32.2. The lowest BCUT2D eigenvalue weighted by atomic mass is 10.0. The summed E-state index contributed by atoms with van der Waals surface area (Å²) in [6, 6.07) is 13.8. The van der Waals surface area contributed by atoms with Gasteiger partial charge in [0.15, 0.2) is 0 Å². The molecule has 0 atom stereocenters.